The van der Waals surface area contributed by atoms with Gasteiger partial charge in [-0.1, -0.05) is 24.3 Å². The van der Waals surface area contributed by atoms with Crippen LogP contribution in [0.15, 0.2) is 58.7 Å². The number of rotatable bonds is 7. The highest BCUT2D eigenvalue weighted by Gasteiger charge is 2.45. The molecule has 0 bridgehead atoms. The van der Waals surface area contributed by atoms with Crippen LogP contribution in [0, 0.1) is 5.92 Å². The zero-order valence-corrected chi connectivity index (χ0v) is 20.8. The predicted octanol–water partition coefficient (Wildman–Crippen LogP) is 4.85. The Morgan fingerprint density at radius 1 is 0.971 bits per heavy atom. The number of benzene rings is 2. The van der Waals surface area contributed by atoms with Gasteiger partial charge in [-0.3, -0.25) is 14.6 Å². The van der Waals surface area contributed by atoms with Crippen LogP contribution >= 0.6 is 0 Å². The summed E-state index contributed by atoms with van der Waals surface area (Å²) in [5.41, 5.74) is 3.70. The molecule has 3 atom stereocenters. The van der Waals surface area contributed by atoms with Gasteiger partial charge in [0.25, 0.3) is 0 Å². The Balaban J connectivity index is 1.81. The number of carbonyl (C=O) groups excluding carboxylic acids is 2. The van der Waals surface area contributed by atoms with Crippen LogP contribution in [0.4, 0.5) is 0 Å². The normalized spacial score (nSPS) is 21.7. The van der Waals surface area contributed by atoms with Crippen LogP contribution in [0.2, 0.25) is 0 Å². The average molecular weight is 478 g/mol. The minimum absolute atomic E-state index is 0.0208. The number of esters is 1. The third kappa shape index (κ3) is 4.55. The number of methoxy groups -OCH3 is 3. The van der Waals surface area contributed by atoms with Gasteiger partial charge in [-0.05, 0) is 49.9 Å². The van der Waals surface area contributed by atoms with Crippen molar-refractivity contribution in [3.05, 3.63) is 64.9 Å². The fourth-order valence-corrected chi connectivity index (χ4v) is 5.20. The van der Waals surface area contributed by atoms with Gasteiger partial charge in [0.15, 0.2) is 17.3 Å². The van der Waals surface area contributed by atoms with Crippen LogP contribution in [-0.2, 0) is 14.3 Å². The summed E-state index contributed by atoms with van der Waals surface area (Å²) in [5, 5.41) is 0. The van der Waals surface area contributed by atoms with Crippen molar-refractivity contribution in [3.8, 4) is 17.2 Å². The van der Waals surface area contributed by atoms with Crippen LogP contribution < -0.4 is 14.2 Å². The minimum Gasteiger partial charge on any atom is -0.496 e. The van der Waals surface area contributed by atoms with Crippen molar-refractivity contribution in [3.63, 3.8) is 0 Å². The van der Waals surface area contributed by atoms with E-state index in [4.69, 9.17) is 23.9 Å². The standard InChI is InChI=1S/C28H31NO6/c1-6-35-28(31)25-16(2)29-20-13-18(17-11-12-23(33-4)24(15-17)34-5)14-21(30)27(20)26(25)19-9-7-8-10-22(19)32-3/h7-12,15,18,25-26H,6,13-14H2,1-5H3/t18-,25?,26-/m1/s1. The van der Waals surface area contributed by atoms with Crippen molar-refractivity contribution >= 4 is 17.5 Å². The number of nitrogens with zero attached hydrogens (tertiary/aromatic N) is 1. The van der Waals surface area contributed by atoms with Crippen LogP contribution in [0.3, 0.4) is 0 Å². The Morgan fingerprint density at radius 2 is 1.69 bits per heavy atom. The van der Waals surface area contributed by atoms with E-state index < -0.39 is 11.8 Å². The Kier molecular flexibility index (Phi) is 7.24. The van der Waals surface area contributed by atoms with E-state index in [0.29, 0.717) is 41.4 Å². The first-order valence-electron chi connectivity index (χ1n) is 11.8. The summed E-state index contributed by atoms with van der Waals surface area (Å²) in [6.45, 7) is 3.86. The number of para-hydroxylation sites is 1. The summed E-state index contributed by atoms with van der Waals surface area (Å²) in [5.74, 6) is 0.216. The molecule has 2 aromatic rings. The van der Waals surface area contributed by atoms with E-state index in [1.54, 1.807) is 28.3 Å². The van der Waals surface area contributed by atoms with Gasteiger partial charge in [-0.2, -0.15) is 0 Å². The molecule has 184 valence electrons. The van der Waals surface area contributed by atoms with Gasteiger partial charge >= 0.3 is 5.97 Å². The fourth-order valence-electron chi connectivity index (χ4n) is 5.20. The van der Waals surface area contributed by atoms with E-state index >= 15 is 0 Å². The van der Waals surface area contributed by atoms with E-state index in [2.05, 4.69) is 0 Å². The first-order chi connectivity index (χ1) is 16.9. The molecule has 2 aliphatic rings. The summed E-state index contributed by atoms with van der Waals surface area (Å²) in [6.07, 6.45) is 0.888. The van der Waals surface area contributed by atoms with E-state index in [1.165, 1.54) is 0 Å². The fraction of sp³-hybridized carbons (Fsp3) is 0.393. The van der Waals surface area contributed by atoms with Crippen molar-refractivity contribution in [1.29, 1.82) is 0 Å². The molecular formula is C28H31NO6. The molecule has 1 heterocycles. The van der Waals surface area contributed by atoms with E-state index in [1.807, 2.05) is 49.4 Å². The van der Waals surface area contributed by atoms with Gasteiger partial charge in [0.2, 0.25) is 0 Å². The molecule has 0 saturated carbocycles. The molecule has 2 aromatic carbocycles. The Bertz CT molecular complexity index is 1200. The van der Waals surface area contributed by atoms with Crippen LogP contribution in [-0.4, -0.2) is 45.4 Å². The van der Waals surface area contributed by atoms with Crippen LogP contribution in [0.1, 0.15) is 49.7 Å². The lowest BCUT2D eigenvalue weighted by Crippen LogP contribution is -2.38. The maximum Gasteiger partial charge on any atom is 0.315 e. The molecule has 1 aliphatic heterocycles. The molecule has 1 unspecified atom stereocenters. The molecule has 7 heteroatoms. The van der Waals surface area contributed by atoms with Crippen molar-refractivity contribution in [2.24, 2.45) is 10.9 Å². The largest absolute Gasteiger partial charge is 0.496 e. The molecule has 0 saturated heterocycles. The number of hydrogen-bond acceptors (Lipinski definition) is 7. The second-order valence-corrected chi connectivity index (χ2v) is 8.71. The first kappa shape index (κ1) is 24.5. The quantitative estimate of drug-likeness (QED) is 0.530. The highest BCUT2D eigenvalue weighted by molar-refractivity contribution is 6.09. The number of Topliss-reactive ketones (excluding diaryl/α,β-unsaturated/α-hetero) is 1. The van der Waals surface area contributed by atoms with Gasteiger partial charge in [-0.25, -0.2) is 0 Å². The third-order valence-corrected chi connectivity index (χ3v) is 6.78. The summed E-state index contributed by atoms with van der Waals surface area (Å²) < 4.78 is 21.9. The zero-order valence-electron chi connectivity index (χ0n) is 20.8. The topological polar surface area (TPSA) is 83.4 Å². The molecule has 7 nitrogen and oxygen atoms in total. The maximum atomic E-state index is 13.7. The molecule has 0 radical (unpaired) electrons. The lowest BCUT2D eigenvalue weighted by Gasteiger charge is -2.37. The van der Waals surface area contributed by atoms with Gasteiger partial charge < -0.3 is 18.9 Å². The monoisotopic (exact) mass is 477 g/mol. The van der Waals surface area contributed by atoms with Gasteiger partial charge in [-0.15, -0.1) is 0 Å². The number of carbonyl (C=O) groups is 2. The number of allylic oxidation sites excluding steroid dienone is 2. The summed E-state index contributed by atoms with van der Waals surface area (Å²) >= 11 is 0. The minimum atomic E-state index is -0.688. The molecule has 1 aliphatic carbocycles. The second kappa shape index (κ2) is 10.3. The lowest BCUT2D eigenvalue weighted by atomic mass is 9.69. The smallest absolute Gasteiger partial charge is 0.315 e. The SMILES string of the molecule is CCOC(=O)C1C(C)=NC2=C(C(=O)C[C@H](c3ccc(OC)c(OC)c3)C2)[C@@H]1c1ccccc1OC. The predicted molar refractivity (Wildman–Crippen MR) is 133 cm³/mol. The van der Waals surface area contributed by atoms with Crippen molar-refractivity contribution in [1.82, 2.24) is 0 Å². The summed E-state index contributed by atoms with van der Waals surface area (Å²) in [6, 6.07) is 13.2. The molecular weight excluding hydrogens is 446 g/mol. The van der Waals surface area contributed by atoms with E-state index in [-0.39, 0.29) is 24.3 Å². The number of ether oxygens (including phenoxy) is 4. The van der Waals surface area contributed by atoms with Crippen molar-refractivity contribution < 1.29 is 28.5 Å². The average Bonchev–Trinajstić information content (AvgIpc) is 2.87. The second-order valence-electron chi connectivity index (χ2n) is 8.71. The number of ketones is 1. The highest BCUT2D eigenvalue weighted by Crippen LogP contribution is 2.49. The molecule has 0 fully saturated rings. The lowest BCUT2D eigenvalue weighted by molar-refractivity contribution is -0.146. The van der Waals surface area contributed by atoms with Crippen LogP contribution in [0.5, 0.6) is 17.2 Å². The van der Waals surface area contributed by atoms with Crippen molar-refractivity contribution in [2.45, 2.75) is 38.5 Å². The van der Waals surface area contributed by atoms with Gasteiger partial charge in [0.1, 0.15) is 11.7 Å². The summed E-state index contributed by atoms with van der Waals surface area (Å²) in [4.78, 5) is 31.6. The zero-order chi connectivity index (χ0) is 25.1. The first-order valence-corrected chi connectivity index (χ1v) is 11.8. The van der Waals surface area contributed by atoms with Crippen LogP contribution in [0.25, 0.3) is 0 Å². The van der Waals surface area contributed by atoms with Crippen molar-refractivity contribution in [2.75, 3.05) is 27.9 Å². The molecule has 0 aromatic heterocycles. The molecule has 35 heavy (non-hydrogen) atoms. The van der Waals surface area contributed by atoms with E-state index in [9.17, 15) is 9.59 Å². The summed E-state index contributed by atoms with van der Waals surface area (Å²) in [7, 11) is 4.78. The maximum absolute atomic E-state index is 13.7. The molecule has 0 amide bonds. The highest BCUT2D eigenvalue weighted by atomic mass is 16.5. The number of aliphatic imine (C=N–C) groups is 1. The van der Waals surface area contributed by atoms with Gasteiger partial charge in [0.05, 0.1) is 27.9 Å². The molecule has 4 rings (SSSR count). The Morgan fingerprint density at radius 3 is 2.37 bits per heavy atom. The number of hydrogen-bond donors (Lipinski definition) is 0. The Hall–Kier alpha value is -3.61. The Labute approximate surface area is 205 Å². The third-order valence-electron chi connectivity index (χ3n) is 6.78. The molecule has 0 N–H and O–H groups in total. The van der Waals surface area contributed by atoms with Gasteiger partial charge in [0, 0.05) is 34.9 Å². The molecule has 0 spiro atoms. The van der Waals surface area contributed by atoms with E-state index in [0.717, 1.165) is 16.8 Å².